The molecule has 2 aromatic carbocycles. The van der Waals surface area contributed by atoms with Gasteiger partial charge in [0, 0.05) is 11.1 Å². The van der Waals surface area contributed by atoms with Crippen LogP contribution in [0.2, 0.25) is 5.02 Å². The van der Waals surface area contributed by atoms with Crippen LogP contribution in [0.4, 0.5) is 4.39 Å². The van der Waals surface area contributed by atoms with Crippen molar-refractivity contribution in [3.8, 4) is 5.75 Å². The minimum atomic E-state index is -0.866. The lowest BCUT2D eigenvalue weighted by atomic mass is 10.1. The topological polar surface area (TPSA) is 73.9 Å². The monoisotopic (exact) mass is 453 g/mol. The second-order valence-corrected chi connectivity index (χ2v) is 7.95. The minimum Gasteiger partial charge on any atom is -0.467 e. The number of benzene rings is 2. The van der Waals surface area contributed by atoms with Gasteiger partial charge < -0.3 is 19.5 Å². The Balaban J connectivity index is 1.69. The van der Waals surface area contributed by atoms with Crippen molar-refractivity contribution in [3.63, 3.8) is 0 Å². The van der Waals surface area contributed by atoms with Crippen LogP contribution in [0.15, 0.2) is 36.4 Å². The number of rotatable bonds is 8. The SMILES string of the molecule is CSCCC(NC(=O)c1ccccc1Cl)C(=O)OCc1cc(F)cc2c1OCOC2. The molecule has 0 aromatic heterocycles. The summed E-state index contributed by atoms with van der Waals surface area (Å²) in [5, 5.41) is 2.97. The van der Waals surface area contributed by atoms with Crippen molar-refractivity contribution in [2.45, 2.75) is 25.7 Å². The van der Waals surface area contributed by atoms with E-state index in [0.29, 0.717) is 29.1 Å². The van der Waals surface area contributed by atoms with E-state index in [2.05, 4.69) is 5.32 Å². The standard InChI is InChI=1S/C21H21ClFNO5S/c1-30-7-6-18(24-20(25)16-4-2-3-5-17(16)22)21(26)28-11-14-9-15(23)8-13-10-27-12-29-19(13)14/h2-5,8-9,18H,6-7,10-12H2,1H3,(H,24,25). The van der Waals surface area contributed by atoms with Crippen LogP contribution in [-0.4, -0.2) is 36.7 Å². The Morgan fingerprint density at radius 2 is 2.13 bits per heavy atom. The van der Waals surface area contributed by atoms with Gasteiger partial charge in [-0.2, -0.15) is 11.8 Å². The van der Waals surface area contributed by atoms with Gasteiger partial charge in [-0.25, -0.2) is 9.18 Å². The molecule has 0 fully saturated rings. The summed E-state index contributed by atoms with van der Waals surface area (Å²) in [5.74, 6) is -0.462. The van der Waals surface area contributed by atoms with Gasteiger partial charge in [0.15, 0.2) is 6.79 Å². The molecule has 1 atom stereocenters. The Hall–Kier alpha value is -2.29. The minimum absolute atomic E-state index is 0.0455. The third-order valence-corrected chi connectivity index (χ3v) is 5.41. The first-order valence-electron chi connectivity index (χ1n) is 9.22. The lowest BCUT2D eigenvalue weighted by Crippen LogP contribution is -2.42. The first kappa shape index (κ1) is 22.4. The number of halogens is 2. The number of fused-ring (bicyclic) bond motifs is 1. The molecule has 30 heavy (non-hydrogen) atoms. The van der Waals surface area contributed by atoms with Crippen molar-refractivity contribution in [3.05, 3.63) is 63.9 Å². The van der Waals surface area contributed by atoms with Crippen LogP contribution in [0.1, 0.15) is 27.9 Å². The van der Waals surface area contributed by atoms with Crippen molar-refractivity contribution in [2.24, 2.45) is 0 Å². The molecule has 160 valence electrons. The second kappa shape index (κ2) is 10.7. The van der Waals surface area contributed by atoms with Crippen molar-refractivity contribution >= 4 is 35.2 Å². The van der Waals surface area contributed by atoms with E-state index in [9.17, 15) is 14.0 Å². The van der Waals surface area contributed by atoms with Gasteiger partial charge >= 0.3 is 5.97 Å². The average Bonchev–Trinajstić information content (AvgIpc) is 2.74. The van der Waals surface area contributed by atoms with Crippen LogP contribution in [0, 0.1) is 5.82 Å². The van der Waals surface area contributed by atoms with E-state index in [1.54, 1.807) is 24.3 Å². The Labute approximate surface area is 183 Å². The van der Waals surface area contributed by atoms with Crippen LogP contribution >= 0.6 is 23.4 Å². The smallest absolute Gasteiger partial charge is 0.329 e. The Morgan fingerprint density at radius 3 is 2.90 bits per heavy atom. The van der Waals surface area contributed by atoms with E-state index in [4.69, 9.17) is 25.8 Å². The molecule has 1 N–H and O–H groups in total. The number of esters is 1. The molecule has 1 unspecified atom stereocenters. The first-order valence-corrected chi connectivity index (χ1v) is 11.0. The zero-order valence-electron chi connectivity index (χ0n) is 16.3. The van der Waals surface area contributed by atoms with Crippen LogP contribution in [0.3, 0.4) is 0 Å². The lowest BCUT2D eigenvalue weighted by Gasteiger charge is -2.22. The molecule has 0 aliphatic carbocycles. The highest BCUT2D eigenvalue weighted by Gasteiger charge is 2.25. The van der Waals surface area contributed by atoms with E-state index < -0.39 is 23.7 Å². The largest absolute Gasteiger partial charge is 0.467 e. The average molecular weight is 454 g/mol. The molecule has 1 heterocycles. The van der Waals surface area contributed by atoms with Gasteiger partial charge in [-0.1, -0.05) is 23.7 Å². The van der Waals surface area contributed by atoms with Crippen molar-refractivity contribution in [1.29, 1.82) is 0 Å². The summed E-state index contributed by atoms with van der Waals surface area (Å²) in [6.07, 6.45) is 2.28. The van der Waals surface area contributed by atoms with Crippen LogP contribution in [0.25, 0.3) is 0 Å². The maximum absolute atomic E-state index is 13.9. The summed E-state index contributed by atoms with van der Waals surface area (Å²) >= 11 is 7.61. The summed E-state index contributed by atoms with van der Waals surface area (Å²) in [5.41, 5.74) is 1.23. The lowest BCUT2D eigenvalue weighted by molar-refractivity contribution is -0.147. The van der Waals surface area contributed by atoms with Gasteiger partial charge in [0.1, 0.15) is 24.2 Å². The maximum Gasteiger partial charge on any atom is 0.329 e. The van der Waals surface area contributed by atoms with Crippen LogP contribution in [0.5, 0.6) is 5.75 Å². The van der Waals surface area contributed by atoms with Crippen molar-refractivity contribution < 1.29 is 28.2 Å². The molecule has 6 nitrogen and oxygen atoms in total. The summed E-state index contributed by atoms with van der Waals surface area (Å²) in [4.78, 5) is 25.2. The molecule has 1 aliphatic rings. The highest BCUT2D eigenvalue weighted by atomic mass is 35.5. The summed E-state index contributed by atoms with van der Waals surface area (Å²) in [6, 6.07) is 8.30. The number of ether oxygens (including phenoxy) is 3. The second-order valence-electron chi connectivity index (χ2n) is 6.56. The molecule has 2 aromatic rings. The number of hydrogen-bond donors (Lipinski definition) is 1. The molecule has 0 spiro atoms. The summed E-state index contributed by atoms with van der Waals surface area (Å²) in [7, 11) is 0. The quantitative estimate of drug-likeness (QED) is 0.610. The predicted molar refractivity (Wildman–Crippen MR) is 112 cm³/mol. The molecular weight excluding hydrogens is 433 g/mol. The van der Waals surface area contributed by atoms with E-state index >= 15 is 0 Å². The van der Waals surface area contributed by atoms with Gasteiger partial charge in [-0.15, -0.1) is 0 Å². The number of carbonyl (C=O) groups is 2. The predicted octanol–water partition coefficient (Wildman–Crippen LogP) is 3.94. The highest BCUT2D eigenvalue weighted by molar-refractivity contribution is 7.98. The first-order chi connectivity index (χ1) is 14.5. The molecular formula is C21H21ClFNO5S. The fraction of sp³-hybridized carbons (Fsp3) is 0.333. The third-order valence-electron chi connectivity index (χ3n) is 4.44. The van der Waals surface area contributed by atoms with E-state index in [0.717, 1.165) is 0 Å². The third kappa shape index (κ3) is 5.65. The van der Waals surface area contributed by atoms with Gasteiger partial charge in [-0.3, -0.25) is 4.79 Å². The molecule has 1 amide bonds. The van der Waals surface area contributed by atoms with Gasteiger partial charge in [0.25, 0.3) is 5.91 Å². The van der Waals surface area contributed by atoms with Gasteiger partial charge in [0.2, 0.25) is 0 Å². The Kier molecular flexibility index (Phi) is 7.95. The Bertz CT molecular complexity index is 926. The molecule has 3 rings (SSSR count). The normalized spacial score (nSPS) is 13.7. The Morgan fingerprint density at radius 1 is 1.33 bits per heavy atom. The van der Waals surface area contributed by atoms with E-state index in [1.165, 1.54) is 23.9 Å². The van der Waals surface area contributed by atoms with E-state index in [-0.39, 0.29) is 30.6 Å². The van der Waals surface area contributed by atoms with Crippen molar-refractivity contribution in [2.75, 3.05) is 18.8 Å². The fourth-order valence-corrected chi connectivity index (χ4v) is 3.67. The van der Waals surface area contributed by atoms with Gasteiger partial charge in [0.05, 0.1) is 17.2 Å². The van der Waals surface area contributed by atoms with Gasteiger partial charge in [-0.05, 0) is 42.7 Å². The summed E-state index contributed by atoms with van der Waals surface area (Å²) in [6.45, 7) is 0.0821. The van der Waals surface area contributed by atoms with Crippen LogP contribution in [-0.2, 0) is 27.5 Å². The van der Waals surface area contributed by atoms with E-state index in [1.807, 2.05) is 6.26 Å². The van der Waals surface area contributed by atoms with Crippen molar-refractivity contribution in [1.82, 2.24) is 5.32 Å². The molecule has 0 radical (unpaired) electrons. The zero-order valence-corrected chi connectivity index (χ0v) is 17.9. The zero-order chi connectivity index (χ0) is 21.5. The number of carbonyl (C=O) groups excluding carboxylic acids is 2. The van der Waals surface area contributed by atoms with Crippen LogP contribution < -0.4 is 10.1 Å². The number of nitrogens with one attached hydrogen (secondary N) is 1. The number of amides is 1. The highest BCUT2D eigenvalue weighted by Crippen LogP contribution is 2.30. The molecule has 9 heteroatoms. The molecule has 0 bridgehead atoms. The molecule has 0 saturated carbocycles. The summed E-state index contributed by atoms with van der Waals surface area (Å²) < 4.78 is 29.9. The molecule has 0 saturated heterocycles. The fourth-order valence-electron chi connectivity index (χ4n) is 2.98. The molecule has 1 aliphatic heterocycles. The maximum atomic E-state index is 13.9. The number of hydrogen-bond acceptors (Lipinski definition) is 6. The number of thioether (sulfide) groups is 1.